The van der Waals surface area contributed by atoms with Gasteiger partial charge in [-0.1, -0.05) is 48.9 Å². The molecule has 0 fully saturated rings. The van der Waals surface area contributed by atoms with E-state index in [0.717, 1.165) is 30.5 Å². The van der Waals surface area contributed by atoms with Gasteiger partial charge in [-0.3, -0.25) is 4.79 Å². The molecule has 3 aromatic carbocycles. The lowest BCUT2D eigenvalue weighted by Crippen LogP contribution is -2.39. The van der Waals surface area contributed by atoms with Gasteiger partial charge in [0, 0.05) is 24.0 Å². The molecule has 0 saturated heterocycles. The molecule has 11 heteroatoms. The Morgan fingerprint density at radius 1 is 0.935 bits per heavy atom. The number of aliphatic hydroxyl groups excluding tert-OH is 2. The summed E-state index contributed by atoms with van der Waals surface area (Å²) in [5.41, 5.74) is 1.29. The maximum atomic E-state index is 13.5. The van der Waals surface area contributed by atoms with Gasteiger partial charge in [0.2, 0.25) is 5.91 Å². The van der Waals surface area contributed by atoms with E-state index in [1.165, 1.54) is 19.2 Å². The molecule has 0 aliphatic heterocycles. The predicted molar refractivity (Wildman–Crippen MR) is 167 cm³/mol. The van der Waals surface area contributed by atoms with Crippen molar-refractivity contribution in [2.45, 2.75) is 57.2 Å². The van der Waals surface area contributed by atoms with E-state index in [1.807, 2.05) is 30.3 Å². The Labute approximate surface area is 265 Å². The summed E-state index contributed by atoms with van der Waals surface area (Å²) in [6.07, 6.45) is -0.983. The van der Waals surface area contributed by atoms with Gasteiger partial charge in [-0.2, -0.15) is 13.2 Å². The van der Waals surface area contributed by atoms with Crippen molar-refractivity contribution < 1.29 is 46.9 Å². The zero-order chi connectivity index (χ0) is 33.1. The van der Waals surface area contributed by atoms with Gasteiger partial charge < -0.3 is 29.4 Å². The average molecular weight is 642 g/mol. The highest BCUT2D eigenvalue weighted by atomic mass is 19.4. The van der Waals surface area contributed by atoms with Gasteiger partial charge >= 0.3 is 12.1 Å². The fourth-order valence-electron chi connectivity index (χ4n) is 5.16. The first-order valence-electron chi connectivity index (χ1n) is 15.2. The maximum Gasteiger partial charge on any atom is 0.416 e. The second-order valence-electron chi connectivity index (χ2n) is 11.0. The van der Waals surface area contributed by atoms with Crippen LogP contribution in [0.15, 0.2) is 71.1 Å². The molecule has 0 bridgehead atoms. The number of halogens is 3. The standard InChI is InChI=1S/C35H38F3NO7/c1-44-29-21-24(11-16-30(42)39-27(22-41)19-23-9-5-4-6-10-23)20-28-31(34(43)45-18-8-3-2-7-17-40)32(46-33(28)29)25-12-14-26(15-13-25)35(36,37)38/h4-6,9-10,12-15,20-21,27,40-41H,2-3,7-8,11,16-19,22H2,1H3,(H,39,42)/t27-/m0/s1. The van der Waals surface area contributed by atoms with E-state index in [2.05, 4.69) is 5.32 Å². The third-order valence-electron chi connectivity index (χ3n) is 7.55. The number of benzene rings is 3. The van der Waals surface area contributed by atoms with Gasteiger partial charge in [-0.05, 0) is 67.5 Å². The quantitative estimate of drug-likeness (QED) is 0.0946. The Hall–Kier alpha value is -4.35. The number of unbranched alkanes of at least 4 members (excludes halogenated alkanes) is 3. The number of hydrogen-bond acceptors (Lipinski definition) is 7. The summed E-state index contributed by atoms with van der Waals surface area (Å²) in [7, 11) is 1.42. The van der Waals surface area contributed by atoms with E-state index < -0.39 is 23.8 Å². The molecule has 4 aromatic rings. The third-order valence-corrected chi connectivity index (χ3v) is 7.55. The van der Waals surface area contributed by atoms with Crippen LogP contribution in [0.4, 0.5) is 13.2 Å². The zero-order valence-electron chi connectivity index (χ0n) is 25.6. The highest BCUT2D eigenvalue weighted by Crippen LogP contribution is 2.40. The van der Waals surface area contributed by atoms with Crippen LogP contribution < -0.4 is 10.1 Å². The summed E-state index contributed by atoms with van der Waals surface area (Å²) in [5, 5.41) is 22.0. The topological polar surface area (TPSA) is 118 Å². The summed E-state index contributed by atoms with van der Waals surface area (Å²) < 4.78 is 56.9. The monoisotopic (exact) mass is 641 g/mol. The molecule has 0 radical (unpaired) electrons. The molecule has 0 spiro atoms. The molecule has 4 rings (SSSR count). The summed E-state index contributed by atoms with van der Waals surface area (Å²) >= 11 is 0. The number of rotatable bonds is 16. The molecule has 246 valence electrons. The van der Waals surface area contributed by atoms with Crippen molar-refractivity contribution in [3.05, 3.63) is 89.0 Å². The van der Waals surface area contributed by atoms with Crippen LogP contribution in [0.5, 0.6) is 5.75 Å². The number of ether oxygens (including phenoxy) is 2. The largest absolute Gasteiger partial charge is 0.493 e. The second kappa shape index (κ2) is 16.3. The van der Waals surface area contributed by atoms with Crippen LogP contribution in [0.2, 0.25) is 0 Å². The van der Waals surface area contributed by atoms with Crippen molar-refractivity contribution in [2.75, 3.05) is 26.9 Å². The number of esters is 1. The van der Waals surface area contributed by atoms with Crippen LogP contribution in [0.3, 0.4) is 0 Å². The van der Waals surface area contributed by atoms with Crippen LogP contribution in [0, 0.1) is 0 Å². The van der Waals surface area contributed by atoms with Crippen LogP contribution in [0.1, 0.15) is 59.2 Å². The Balaban J connectivity index is 1.60. The highest BCUT2D eigenvalue weighted by molar-refractivity contribution is 6.10. The van der Waals surface area contributed by atoms with Gasteiger partial charge in [0.15, 0.2) is 11.3 Å². The van der Waals surface area contributed by atoms with Crippen LogP contribution in [-0.2, 0) is 28.5 Å². The molecule has 0 saturated carbocycles. The normalized spacial score (nSPS) is 12.2. The Morgan fingerprint density at radius 2 is 1.65 bits per heavy atom. The maximum absolute atomic E-state index is 13.5. The number of aliphatic hydroxyl groups is 2. The van der Waals surface area contributed by atoms with Crippen molar-refractivity contribution in [2.24, 2.45) is 0 Å². The number of aryl methyl sites for hydroxylation is 1. The Kier molecular flexibility index (Phi) is 12.2. The SMILES string of the molecule is COc1cc(CCC(=O)N[C@H](CO)Cc2ccccc2)cc2c(C(=O)OCCCCCCO)c(-c3ccc(C(F)(F)F)cc3)oc12. The molecule has 0 aliphatic rings. The molecule has 1 atom stereocenters. The van der Waals surface area contributed by atoms with E-state index in [9.17, 15) is 27.9 Å². The predicted octanol–water partition coefficient (Wildman–Crippen LogP) is 6.49. The average Bonchev–Trinajstić information content (AvgIpc) is 3.44. The molecule has 46 heavy (non-hydrogen) atoms. The van der Waals surface area contributed by atoms with Gasteiger partial charge in [0.25, 0.3) is 0 Å². The van der Waals surface area contributed by atoms with Gasteiger partial charge in [-0.25, -0.2) is 4.79 Å². The number of alkyl halides is 3. The molecule has 0 aliphatic carbocycles. The van der Waals surface area contributed by atoms with Crippen LogP contribution in [-0.4, -0.2) is 55.1 Å². The summed E-state index contributed by atoms with van der Waals surface area (Å²) in [6.45, 7) is -0.0384. The molecule has 1 aromatic heterocycles. The number of amides is 1. The molecule has 1 heterocycles. The summed E-state index contributed by atoms with van der Waals surface area (Å²) in [4.78, 5) is 26.3. The molecular weight excluding hydrogens is 603 g/mol. The smallest absolute Gasteiger partial charge is 0.416 e. The first-order chi connectivity index (χ1) is 22.1. The molecule has 8 nitrogen and oxygen atoms in total. The molecule has 0 unspecified atom stereocenters. The van der Waals surface area contributed by atoms with E-state index >= 15 is 0 Å². The minimum Gasteiger partial charge on any atom is -0.493 e. The lowest BCUT2D eigenvalue weighted by molar-refractivity contribution is -0.137. The van der Waals surface area contributed by atoms with Crippen molar-refractivity contribution >= 4 is 22.8 Å². The first-order valence-corrected chi connectivity index (χ1v) is 15.2. The van der Waals surface area contributed by atoms with Crippen molar-refractivity contribution in [3.8, 4) is 17.1 Å². The molecular formula is C35H38F3NO7. The third kappa shape index (κ3) is 9.11. The number of nitrogens with one attached hydrogen (secondary N) is 1. The number of hydrogen-bond donors (Lipinski definition) is 3. The highest BCUT2D eigenvalue weighted by Gasteiger charge is 2.31. The Bertz CT molecular complexity index is 1580. The second-order valence-corrected chi connectivity index (χ2v) is 11.0. The van der Waals surface area contributed by atoms with E-state index in [0.29, 0.717) is 30.2 Å². The van der Waals surface area contributed by atoms with Crippen molar-refractivity contribution in [3.63, 3.8) is 0 Å². The number of methoxy groups -OCH3 is 1. The first kappa shape index (κ1) is 34.5. The van der Waals surface area contributed by atoms with Gasteiger partial charge in [0.1, 0.15) is 11.3 Å². The van der Waals surface area contributed by atoms with E-state index in [4.69, 9.17) is 19.0 Å². The van der Waals surface area contributed by atoms with Crippen LogP contribution in [0.25, 0.3) is 22.3 Å². The van der Waals surface area contributed by atoms with Gasteiger partial charge in [-0.15, -0.1) is 0 Å². The Morgan fingerprint density at radius 3 is 2.30 bits per heavy atom. The zero-order valence-corrected chi connectivity index (χ0v) is 25.6. The number of furan rings is 1. The van der Waals surface area contributed by atoms with Crippen molar-refractivity contribution in [1.82, 2.24) is 5.32 Å². The van der Waals surface area contributed by atoms with Gasteiger partial charge in [0.05, 0.1) is 31.9 Å². The number of carbonyl (C=O) groups is 2. The fourth-order valence-corrected chi connectivity index (χ4v) is 5.16. The van der Waals surface area contributed by atoms with E-state index in [1.54, 1.807) is 12.1 Å². The lowest BCUT2D eigenvalue weighted by atomic mass is 10.0. The van der Waals surface area contributed by atoms with E-state index in [-0.39, 0.29) is 66.8 Å². The minimum absolute atomic E-state index is 0.0360. The molecule has 1 amide bonds. The number of carbonyl (C=O) groups excluding carboxylic acids is 2. The molecule has 3 N–H and O–H groups in total. The fraction of sp³-hybridized carbons (Fsp3) is 0.371. The van der Waals surface area contributed by atoms with Crippen molar-refractivity contribution in [1.29, 1.82) is 0 Å². The lowest BCUT2D eigenvalue weighted by Gasteiger charge is -2.16. The van der Waals surface area contributed by atoms with Crippen LogP contribution >= 0.6 is 0 Å². The number of fused-ring (bicyclic) bond motifs is 1. The summed E-state index contributed by atoms with van der Waals surface area (Å²) in [6, 6.07) is 16.7. The minimum atomic E-state index is -4.53. The summed E-state index contributed by atoms with van der Waals surface area (Å²) in [5.74, 6) is -0.665.